The molecule has 0 radical (unpaired) electrons. The maximum absolute atomic E-state index is 6.06. The Morgan fingerprint density at radius 1 is 1.33 bits per heavy atom. The summed E-state index contributed by atoms with van der Waals surface area (Å²) < 4.78 is 5.42. The fraction of sp³-hybridized carbons (Fsp3) is 0.500. The zero-order chi connectivity index (χ0) is 11.6. The highest BCUT2D eigenvalue weighted by Gasteiger charge is 2.23. The van der Waals surface area contributed by atoms with Crippen molar-refractivity contribution in [2.75, 3.05) is 14.2 Å². The summed E-state index contributed by atoms with van der Waals surface area (Å²) in [5.74, 6) is 0.902. The van der Waals surface area contributed by atoms with Crippen molar-refractivity contribution < 1.29 is 4.74 Å². The van der Waals surface area contributed by atoms with Crippen LogP contribution in [-0.4, -0.2) is 14.2 Å². The van der Waals surface area contributed by atoms with Gasteiger partial charge in [-0.15, -0.1) is 0 Å². The first-order chi connectivity index (χ1) is 6.92. The monoisotopic (exact) mass is 227 g/mol. The Kier molecular flexibility index (Phi) is 3.63. The highest BCUT2D eigenvalue weighted by atomic mass is 35.5. The predicted octanol–water partition coefficient (Wildman–Crippen LogP) is 3.11. The Labute approximate surface area is 96.6 Å². The number of hydrogen-bond acceptors (Lipinski definition) is 2. The summed E-state index contributed by atoms with van der Waals surface area (Å²) in [5, 5.41) is 3.99. The molecule has 0 aliphatic rings. The highest BCUT2D eigenvalue weighted by molar-refractivity contribution is 6.30. The second-order valence-electron chi connectivity index (χ2n) is 4.18. The van der Waals surface area contributed by atoms with Crippen LogP contribution in [0.2, 0.25) is 5.02 Å². The van der Waals surface area contributed by atoms with Crippen molar-refractivity contribution in [3.8, 4) is 5.75 Å². The van der Waals surface area contributed by atoms with Crippen molar-refractivity contribution >= 4 is 11.6 Å². The standard InChI is InChI=1S/C12H18ClNO/c1-8-6-9(13)7-10(11(8)15-5)12(2,3)14-4/h6-7,14H,1-5H3. The normalized spacial score (nSPS) is 11.6. The second-order valence-corrected chi connectivity index (χ2v) is 4.61. The van der Waals surface area contributed by atoms with Crippen LogP contribution in [0.4, 0.5) is 0 Å². The van der Waals surface area contributed by atoms with Crippen LogP contribution in [0.3, 0.4) is 0 Å². The zero-order valence-corrected chi connectivity index (χ0v) is 10.7. The van der Waals surface area contributed by atoms with Gasteiger partial charge in [0, 0.05) is 16.1 Å². The molecule has 0 atom stereocenters. The molecule has 0 aromatic heterocycles. The lowest BCUT2D eigenvalue weighted by Crippen LogP contribution is -2.33. The lowest BCUT2D eigenvalue weighted by Gasteiger charge is -2.27. The molecular formula is C12H18ClNO. The molecule has 0 heterocycles. The van der Waals surface area contributed by atoms with E-state index >= 15 is 0 Å². The van der Waals surface area contributed by atoms with Crippen LogP contribution < -0.4 is 10.1 Å². The first-order valence-electron chi connectivity index (χ1n) is 4.96. The van der Waals surface area contributed by atoms with Crippen molar-refractivity contribution in [1.29, 1.82) is 0 Å². The Bertz CT molecular complexity index is 361. The topological polar surface area (TPSA) is 21.3 Å². The molecule has 1 aromatic rings. The highest BCUT2D eigenvalue weighted by Crippen LogP contribution is 2.34. The third kappa shape index (κ3) is 2.44. The molecule has 0 aliphatic heterocycles. The molecule has 2 nitrogen and oxygen atoms in total. The van der Waals surface area contributed by atoms with Gasteiger partial charge >= 0.3 is 0 Å². The van der Waals surface area contributed by atoms with Crippen molar-refractivity contribution in [2.24, 2.45) is 0 Å². The lowest BCUT2D eigenvalue weighted by atomic mass is 9.92. The van der Waals surface area contributed by atoms with Gasteiger partial charge in [0.15, 0.2) is 0 Å². The number of benzene rings is 1. The molecule has 15 heavy (non-hydrogen) atoms. The van der Waals surface area contributed by atoms with Gasteiger partial charge in [-0.3, -0.25) is 0 Å². The molecule has 1 aromatic carbocycles. The van der Waals surface area contributed by atoms with Gasteiger partial charge in [0.1, 0.15) is 5.75 Å². The summed E-state index contributed by atoms with van der Waals surface area (Å²) in [5.41, 5.74) is 1.99. The van der Waals surface area contributed by atoms with E-state index in [9.17, 15) is 0 Å². The number of halogens is 1. The molecule has 84 valence electrons. The minimum Gasteiger partial charge on any atom is -0.496 e. The van der Waals surface area contributed by atoms with Gasteiger partial charge in [0.2, 0.25) is 0 Å². The van der Waals surface area contributed by atoms with E-state index in [-0.39, 0.29) is 5.54 Å². The van der Waals surface area contributed by atoms with Crippen molar-refractivity contribution in [1.82, 2.24) is 5.32 Å². The number of ether oxygens (including phenoxy) is 1. The van der Waals surface area contributed by atoms with E-state index in [4.69, 9.17) is 16.3 Å². The molecular weight excluding hydrogens is 210 g/mol. The Hall–Kier alpha value is -0.730. The molecule has 0 fully saturated rings. The van der Waals surface area contributed by atoms with Gasteiger partial charge in [-0.1, -0.05) is 11.6 Å². The first kappa shape index (κ1) is 12.3. The molecule has 0 amide bonds. The van der Waals surface area contributed by atoms with Gasteiger partial charge in [0.25, 0.3) is 0 Å². The molecule has 3 heteroatoms. The van der Waals surface area contributed by atoms with Gasteiger partial charge in [-0.25, -0.2) is 0 Å². The van der Waals surface area contributed by atoms with Gasteiger partial charge in [-0.05, 0) is 45.5 Å². The largest absolute Gasteiger partial charge is 0.496 e. The molecule has 0 aliphatic carbocycles. The van der Waals surface area contributed by atoms with E-state index in [1.807, 2.05) is 26.1 Å². The fourth-order valence-corrected chi connectivity index (χ4v) is 1.87. The summed E-state index contributed by atoms with van der Waals surface area (Å²) in [6.45, 7) is 6.20. The minimum absolute atomic E-state index is 0.152. The Morgan fingerprint density at radius 3 is 2.40 bits per heavy atom. The quantitative estimate of drug-likeness (QED) is 0.857. The number of nitrogens with one attached hydrogen (secondary N) is 1. The molecule has 0 bridgehead atoms. The van der Waals surface area contributed by atoms with Crippen LogP contribution >= 0.6 is 11.6 Å². The number of methoxy groups -OCH3 is 1. The van der Waals surface area contributed by atoms with Crippen molar-refractivity contribution in [3.05, 3.63) is 28.3 Å². The van der Waals surface area contributed by atoms with Crippen LogP contribution in [0.5, 0.6) is 5.75 Å². The Balaban J connectivity index is 3.39. The SMILES string of the molecule is CNC(C)(C)c1cc(Cl)cc(C)c1OC. The van der Waals surface area contributed by atoms with E-state index in [1.165, 1.54) is 0 Å². The molecule has 0 saturated heterocycles. The molecule has 1 rings (SSSR count). The second kappa shape index (κ2) is 4.42. The number of rotatable bonds is 3. The van der Waals surface area contributed by atoms with Crippen LogP contribution in [0.25, 0.3) is 0 Å². The third-order valence-electron chi connectivity index (χ3n) is 2.74. The van der Waals surface area contributed by atoms with Crippen molar-refractivity contribution in [2.45, 2.75) is 26.3 Å². The average molecular weight is 228 g/mol. The van der Waals surface area contributed by atoms with Crippen LogP contribution in [0.15, 0.2) is 12.1 Å². The van der Waals surface area contributed by atoms with Gasteiger partial charge < -0.3 is 10.1 Å². The third-order valence-corrected chi connectivity index (χ3v) is 2.96. The van der Waals surface area contributed by atoms with Gasteiger partial charge in [0.05, 0.1) is 7.11 Å². The molecule has 1 N–H and O–H groups in total. The Morgan fingerprint density at radius 2 is 1.93 bits per heavy atom. The smallest absolute Gasteiger partial charge is 0.126 e. The first-order valence-corrected chi connectivity index (χ1v) is 5.33. The summed E-state index contributed by atoms with van der Waals surface area (Å²) >= 11 is 6.06. The van der Waals surface area contributed by atoms with Crippen molar-refractivity contribution in [3.63, 3.8) is 0 Å². The lowest BCUT2D eigenvalue weighted by molar-refractivity contribution is 0.372. The minimum atomic E-state index is -0.152. The van der Waals surface area contributed by atoms with E-state index in [0.717, 1.165) is 21.9 Å². The van der Waals surface area contributed by atoms with E-state index in [0.29, 0.717) is 0 Å². The molecule has 0 unspecified atom stereocenters. The van der Waals surface area contributed by atoms with Gasteiger partial charge in [-0.2, -0.15) is 0 Å². The summed E-state index contributed by atoms with van der Waals surface area (Å²) in [6, 6.07) is 3.86. The fourth-order valence-electron chi connectivity index (χ4n) is 1.60. The summed E-state index contributed by atoms with van der Waals surface area (Å²) in [6.07, 6.45) is 0. The summed E-state index contributed by atoms with van der Waals surface area (Å²) in [7, 11) is 3.61. The number of hydrogen-bond donors (Lipinski definition) is 1. The zero-order valence-electron chi connectivity index (χ0n) is 9.94. The predicted molar refractivity (Wildman–Crippen MR) is 64.8 cm³/mol. The maximum Gasteiger partial charge on any atom is 0.126 e. The van der Waals surface area contributed by atoms with E-state index in [2.05, 4.69) is 19.2 Å². The van der Waals surface area contributed by atoms with Crippen LogP contribution in [0, 0.1) is 6.92 Å². The van der Waals surface area contributed by atoms with E-state index < -0.39 is 0 Å². The van der Waals surface area contributed by atoms with E-state index in [1.54, 1.807) is 7.11 Å². The van der Waals surface area contributed by atoms with Crippen LogP contribution in [-0.2, 0) is 5.54 Å². The maximum atomic E-state index is 6.06. The summed E-state index contributed by atoms with van der Waals surface area (Å²) in [4.78, 5) is 0. The van der Waals surface area contributed by atoms with Crippen LogP contribution in [0.1, 0.15) is 25.0 Å². The average Bonchev–Trinajstić information content (AvgIpc) is 2.16. The number of aryl methyl sites for hydroxylation is 1. The molecule has 0 saturated carbocycles. The molecule has 0 spiro atoms.